The van der Waals surface area contributed by atoms with Crippen molar-refractivity contribution < 1.29 is 4.79 Å². The van der Waals surface area contributed by atoms with Crippen LogP contribution in [0.2, 0.25) is 19.6 Å². The zero-order chi connectivity index (χ0) is 21.5. The first-order valence-corrected chi connectivity index (χ1v) is 13.6. The Morgan fingerprint density at radius 1 is 1.10 bits per heavy atom. The predicted octanol–water partition coefficient (Wildman–Crippen LogP) is 5.22. The third-order valence-corrected chi connectivity index (χ3v) is 5.87. The van der Waals surface area contributed by atoms with Gasteiger partial charge in [-0.2, -0.15) is 0 Å². The van der Waals surface area contributed by atoms with Crippen LogP contribution in [0.5, 0.6) is 0 Å². The van der Waals surface area contributed by atoms with E-state index in [1.807, 2.05) is 35.8 Å². The SMILES string of the molecule is CC(=O)c1ncn2c1[C@@H](C)N=C(c1ccccc1)c1cc(C#C[Si](C)(C)C)ccc1-2. The van der Waals surface area contributed by atoms with Crippen molar-refractivity contribution in [2.45, 2.75) is 39.5 Å². The van der Waals surface area contributed by atoms with Crippen LogP contribution < -0.4 is 0 Å². The summed E-state index contributed by atoms with van der Waals surface area (Å²) in [5, 5.41) is 0. The number of aromatic nitrogens is 2. The lowest BCUT2D eigenvalue weighted by Gasteiger charge is -2.13. The summed E-state index contributed by atoms with van der Waals surface area (Å²) in [6.07, 6.45) is 1.73. The van der Waals surface area contributed by atoms with E-state index in [1.165, 1.54) is 0 Å². The number of carbonyl (C=O) groups is 1. The van der Waals surface area contributed by atoms with Crippen molar-refractivity contribution >= 4 is 19.6 Å². The molecule has 1 atom stereocenters. The van der Waals surface area contributed by atoms with Crippen LogP contribution >= 0.6 is 0 Å². The Morgan fingerprint density at radius 2 is 1.83 bits per heavy atom. The van der Waals surface area contributed by atoms with Crippen LogP contribution in [0.15, 0.2) is 59.9 Å². The normalized spacial score (nSPS) is 15.2. The van der Waals surface area contributed by atoms with E-state index in [0.29, 0.717) is 5.69 Å². The molecule has 30 heavy (non-hydrogen) atoms. The number of rotatable bonds is 2. The molecule has 0 saturated carbocycles. The van der Waals surface area contributed by atoms with Crippen LogP contribution in [-0.4, -0.2) is 29.1 Å². The van der Waals surface area contributed by atoms with Gasteiger partial charge >= 0.3 is 0 Å². The van der Waals surface area contributed by atoms with E-state index >= 15 is 0 Å². The lowest BCUT2D eigenvalue weighted by atomic mass is 9.98. The molecule has 1 aromatic heterocycles. The summed E-state index contributed by atoms with van der Waals surface area (Å²) >= 11 is 0. The molecule has 0 N–H and O–H groups in total. The molecule has 0 unspecified atom stereocenters. The van der Waals surface area contributed by atoms with Crippen molar-refractivity contribution in [1.82, 2.24) is 9.55 Å². The Labute approximate surface area is 178 Å². The number of hydrogen-bond acceptors (Lipinski definition) is 3. The maximum atomic E-state index is 12.2. The molecule has 0 aliphatic carbocycles. The zero-order valence-electron chi connectivity index (χ0n) is 18.0. The van der Waals surface area contributed by atoms with Crippen LogP contribution in [0.3, 0.4) is 0 Å². The Bertz CT molecular complexity index is 1220. The van der Waals surface area contributed by atoms with Crippen molar-refractivity contribution in [3.8, 4) is 17.2 Å². The van der Waals surface area contributed by atoms with E-state index in [1.54, 1.807) is 13.3 Å². The number of nitrogens with zero attached hydrogens (tertiary/aromatic N) is 3. The molecule has 0 radical (unpaired) electrons. The van der Waals surface area contributed by atoms with E-state index in [0.717, 1.165) is 33.8 Å². The highest BCUT2D eigenvalue weighted by molar-refractivity contribution is 6.83. The van der Waals surface area contributed by atoms with Gasteiger partial charge in [0.15, 0.2) is 5.78 Å². The van der Waals surface area contributed by atoms with Gasteiger partial charge in [-0.25, -0.2) is 4.98 Å². The van der Waals surface area contributed by atoms with E-state index in [4.69, 9.17) is 4.99 Å². The van der Waals surface area contributed by atoms with Gasteiger partial charge in [0.1, 0.15) is 20.1 Å². The van der Waals surface area contributed by atoms with Crippen molar-refractivity contribution in [1.29, 1.82) is 0 Å². The summed E-state index contributed by atoms with van der Waals surface area (Å²) in [5.41, 5.74) is 9.66. The molecule has 2 heterocycles. The quantitative estimate of drug-likeness (QED) is 0.330. The number of carbonyl (C=O) groups excluding carboxylic acids is 1. The standard InChI is InChI=1S/C25H25N3OSi/c1-17-25-23(18(2)29)26-16-28(25)22-12-11-19(13-14-30(3,4)5)15-21(22)24(27-17)20-9-7-6-8-10-20/h6-12,15-17H,1-5H3/t17-/m1/s1. The summed E-state index contributed by atoms with van der Waals surface area (Å²) in [6.45, 7) is 10.3. The van der Waals surface area contributed by atoms with Crippen molar-refractivity contribution in [2.75, 3.05) is 0 Å². The van der Waals surface area contributed by atoms with E-state index in [9.17, 15) is 4.79 Å². The minimum Gasteiger partial charge on any atom is -0.300 e. The molecule has 0 saturated heterocycles. The van der Waals surface area contributed by atoms with E-state index in [2.05, 4.69) is 60.4 Å². The Morgan fingerprint density at radius 3 is 2.50 bits per heavy atom. The number of benzene rings is 2. The maximum Gasteiger partial charge on any atom is 0.180 e. The van der Waals surface area contributed by atoms with Gasteiger partial charge in [-0.05, 0) is 25.1 Å². The third kappa shape index (κ3) is 3.79. The molecule has 1 aliphatic heterocycles. The molecule has 4 rings (SSSR count). The number of Topliss-reactive ketones (excluding diaryl/α,β-unsaturated/α-hetero) is 1. The summed E-state index contributed by atoms with van der Waals surface area (Å²) < 4.78 is 2.01. The van der Waals surface area contributed by atoms with Gasteiger partial charge in [-0.3, -0.25) is 14.4 Å². The lowest BCUT2D eigenvalue weighted by Crippen LogP contribution is -2.16. The summed E-state index contributed by atoms with van der Waals surface area (Å²) in [7, 11) is -1.49. The van der Waals surface area contributed by atoms with Gasteiger partial charge in [0, 0.05) is 23.6 Å². The molecule has 0 fully saturated rings. The second kappa shape index (κ2) is 7.55. The molecule has 150 valence electrons. The van der Waals surface area contributed by atoms with E-state index in [-0.39, 0.29) is 11.8 Å². The maximum absolute atomic E-state index is 12.2. The average molecular weight is 412 g/mol. The average Bonchev–Trinajstić information content (AvgIpc) is 3.11. The monoisotopic (exact) mass is 411 g/mol. The molecular formula is C25H25N3OSi. The molecule has 0 amide bonds. The number of hydrogen-bond donors (Lipinski definition) is 0. The van der Waals surface area contributed by atoms with Gasteiger partial charge in [0.2, 0.25) is 0 Å². The second-order valence-corrected chi connectivity index (χ2v) is 13.4. The smallest absolute Gasteiger partial charge is 0.180 e. The number of ketones is 1. The van der Waals surface area contributed by atoms with Gasteiger partial charge < -0.3 is 0 Å². The topological polar surface area (TPSA) is 47.2 Å². The van der Waals surface area contributed by atoms with Crippen molar-refractivity contribution in [3.05, 3.63) is 82.9 Å². The van der Waals surface area contributed by atoms with Gasteiger partial charge in [0.25, 0.3) is 0 Å². The molecular weight excluding hydrogens is 386 g/mol. The Hall–Kier alpha value is -3.23. The highest BCUT2D eigenvalue weighted by Gasteiger charge is 2.27. The first-order valence-electron chi connectivity index (χ1n) is 10.1. The summed E-state index contributed by atoms with van der Waals surface area (Å²) in [6, 6.07) is 16.2. The molecule has 2 aromatic carbocycles. The first kappa shape index (κ1) is 20.1. The molecule has 4 nitrogen and oxygen atoms in total. The van der Waals surface area contributed by atoms with Gasteiger partial charge in [-0.15, -0.1) is 5.54 Å². The van der Waals surface area contributed by atoms with E-state index < -0.39 is 8.07 Å². The summed E-state index contributed by atoms with van der Waals surface area (Å²) in [5.74, 6) is 3.32. The number of imidazole rings is 1. The van der Waals surface area contributed by atoms with Crippen molar-refractivity contribution in [3.63, 3.8) is 0 Å². The predicted molar refractivity (Wildman–Crippen MR) is 124 cm³/mol. The molecule has 0 bridgehead atoms. The Kier molecular flexibility index (Phi) is 5.04. The molecule has 1 aliphatic rings. The fraction of sp³-hybridized carbons (Fsp3) is 0.240. The van der Waals surface area contributed by atoms with Crippen LogP contribution in [0.4, 0.5) is 0 Å². The number of fused-ring (bicyclic) bond motifs is 3. The van der Waals surface area contributed by atoms with Crippen molar-refractivity contribution in [2.24, 2.45) is 4.99 Å². The minimum atomic E-state index is -1.49. The fourth-order valence-corrected chi connectivity index (χ4v) is 4.16. The number of aliphatic imine (C=N–C) groups is 1. The lowest BCUT2D eigenvalue weighted by molar-refractivity contribution is 0.101. The molecule has 0 spiro atoms. The van der Waals surface area contributed by atoms with Crippen LogP contribution in [0.1, 0.15) is 52.8 Å². The third-order valence-electron chi connectivity index (χ3n) is 5.00. The Balaban J connectivity index is 1.99. The van der Waals surface area contributed by atoms with Gasteiger partial charge in [-0.1, -0.05) is 55.9 Å². The fourth-order valence-electron chi connectivity index (χ4n) is 3.64. The summed E-state index contributed by atoms with van der Waals surface area (Å²) in [4.78, 5) is 21.7. The molecule has 3 aromatic rings. The first-order chi connectivity index (χ1) is 14.2. The zero-order valence-corrected chi connectivity index (χ0v) is 19.0. The largest absolute Gasteiger partial charge is 0.300 e. The van der Waals surface area contributed by atoms with Crippen LogP contribution in [0.25, 0.3) is 5.69 Å². The minimum absolute atomic E-state index is 0.0480. The van der Waals surface area contributed by atoms with Gasteiger partial charge in [0.05, 0.1) is 23.1 Å². The highest BCUT2D eigenvalue weighted by atomic mass is 28.3. The van der Waals surface area contributed by atoms with Crippen LogP contribution in [0, 0.1) is 11.5 Å². The highest BCUT2D eigenvalue weighted by Crippen LogP contribution is 2.33. The molecule has 5 heteroatoms. The second-order valence-electron chi connectivity index (χ2n) is 8.66. The van der Waals surface area contributed by atoms with Crippen LogP contribution in [-0.2, 0) is 0 Å².